The summed E-state index contributed by atoms with van der Waals surface area (Å²) in [4.78, 5) is 4.89. The van der Waals surface area contributed by atoms with Crippen molar-refractivity contribution in [2.45, 2.75) is 58.3 Å². The molecule has 0 saturated carbocycles. The minimum absolute atomic E-state index is 0.0347. The number of fused-ring (bicyclic) bond motifs is 5. The summed E-state index contributed by atoms with van der Waals surface area (Å²) < 4.78 is 63.3. The van der Waals surface area contributed by atoms with E-state index < -0.39 is 13.8 Å². The van der Waals surface area contributed by atoms with Gasteiger partial charge in [-0.3, -0.25) is 0 Å². The number of aryl methyl sites for hydroxylation is 3. The van der Waals surface area contributed by atoms with Crippen LogP contribution in [0.15, 0.2) is 109 Å². The van der Waals surface area contributed by atoms with Crippen LogP contribution in [0.1, 0.15) is 70.1 Å². The molecule has 5 aromatic carbocycles. The maximum absolute atomic E-state index is 8.56. The molecule has 5 nitrogen and oxygen atoms in total. The number of hydrogen-bond donors (Lipinski definition) is 0. The van der Waals surface area contributed by atoms with E-state index in [-0.39, 0.29) is 17.0 Å². The molecule has 262 valence electrons. The molecule has 0 saturated heterocycles. The molecule has 0 amide bonds. The van der Waals surface area contributed by atoms with E-state index in [1.165, 1.54) is 4.57 Å². The van der Waals surface area contributed by atoms with Crippen molar-refractivity contribution in [2.24, 2.45) is 6.98 Å². The van der Waals surface area contributed by atoms with Crippen molar-refractivity contribution < 1.29 is 32.3 Å². The summed E-state index contributed by atoms with van der Waals surface area (Å²) in [5.41, 5.74) is 7.91. The number of imidazole rings is 1. The molecular weight excluding hydrogens is 820 g/mol. The topological polar surface area (TPSA) is 36.9 Å². The second kappa shape index (κ2) is 12.6. The van der Waals surface area contributed by atoms with E-state index in [4.69, 9.17) is 17.9 Å². The Morgan fingerprint density at radius 3 is 2.38 bits per heavy atom. The number of aromatic nitrogens is 4. The van der Waals surface area contributed by atoms with E-state index >= 15 is 0 Å². The summed E-state index contributed by atoms with van der Waals surface area (Å²) >= 11 is 2.14. The molecule has 0 radical (unpaired) electrons. The predicted molar refractivity (Wildman–Crippen MR) is 207 cm³/mol. The molecule has 0 spiro atoms. The molecule has 1 aliphatic carbocycles. The Kier molecular flexibility index (Phi) is 6.48. The van der Waals surface area contributed by atoms with E-state index in [1.807, 2.05) is 83.4 Å². The van der Waals surface area contributed by atoms with Crippen LogP contribution in [0.25, 0.3) is 49.8 Å². The van der Waals surface area contributed by atoms with Crippen molar-refractivity contribution in [3.8, 4) is 28.4 Å². The van der Waals surface area contributed by atoms with Crippen LogP contribution in [0.2, 0.25) is 0 Å². The van der Waals surface area contributed by atoms with Crippen molar-refractivity contribution in [1.82, 2.24) is 18.7 Å². The molecule has 0 aliphatic heterocycles. The number of pyridine rings is 1. The van der Waals surface area contributed by atoms with Gasteiger partial charge >= 0.3 is 200 Å². The van der Waals surface area contributed by atoms with Crippen LogP contribution in [0, 0.1) is 22.8 Å². The molecule has 6 heteroatoms. The minimum Gasteiger partial charge on any atom is -0.238 e. The van der Waals surface area contributed by atoms with E-state index in [9.17, 15) is 0 Å². The SMILES string of the molecule is [2H]C([2H])([2H])c1cc(-n2c3[c-]c(Oc4[c-]c5c(cc4)CCCC5n4[c](=[Pt])n(C([2H])([2H])[2H])c5ccccc54)ccc3c3ccccc32)ncc1-c1ccc(C(C)(C)C)cc1. The van der Waals surface area contributed by atoms with Crippen LogP contribution in [-0.2, 0) is 38.2 Å². The summed E-state index contributed by atoms with van der Waals surface area (Å²) in [7, 11) is 0. The molecule has 8 aromatic rings. The summed E-state index contributed by atoms with van der Waals surface area (Å²) in [5.74, 6) is 1.45. The van der Waals surface area contributed by atoms with Gasteiger partial charge in [-0.2, -0.15) is 0 Å². The first kappa shape index (κ1) is 26.7. The molecule has 3 aromatic heterocycles. The number of hydrogen-bond acceptors (Lipinski definition) is 2. The number of ether oxygens (including phenoxy) is 1. The number of benzene rings is 5. The minimum atomic E-state index is -2.40. The van der Waals surface area contributed by atoms with E-state index in [0.717, 1.165) is 63.3 Å². The van der Waals surface area contributed by atoms with Crippen LogP contribution in [-0.4, -0.2) is 18.7 Å². The van der Waals surface area contributed by atoms with Gasteiger partial charge < -0.3 is 0 Å². The van der Waals surface area contributed by atoms with Crippen molar-refractivity contribution in [3.63, 3.8) is 0 Å². The molecule has 9 rings (SSSR count). The van der Waals surface area contributed by atoms with Gasteiger partial charge in [0.2, 0.25) is 0 Å². The summed E-state index contributed by atoms with van der Waals surface area (Å²) in [6.45, 7) is 1.72. The van der Waals surface area contributed by atoms with Crippen molar-refractivity contribution in [3.05, 3.63) is 148 Å². The van der Waals surface area contributed by atoms with Crippen molar-refractivity contribution >= 4 is 32.8 Å². The third-order valence-electron chi connectivity index (χ3n) is 10.3. The summed E-state index contributed by atoms with van der Waals surface area (Å²) in [5, 5.41) is 1.90. The predicted octanol–water partition coefficient (Wildman–Crippen LogP) is 11.1. The van der Waals surface area contributed by atoms with E-state index in [0.29, 0.717) is 37.7 Å². The third kappa shape index (κ3) is 5.49. The molecule has 0 N–H and O–H groups in total. The van der Waals surface area contributed by atoms with Crippen molar-refractivity contribution in [1.29, 1.82) is 0 Å². The van der Waals surface area contributed by atoms with Crippen LogP contribution < -0.4 is 4.74 Å². The third-order valence-corrected chi connectivity index (χ3v) is 11.4. The molecule has 3 heterocycles. The zero-order chi connectivity index (χ0) is 40.7. The first-order valence-electron chi connectivity index (χ1n) is 20.6. The Bertz CT molecular complexity index is 2950. The Labute approximate surface area is 324 Å². The quantitative estimate of drug-likeness (QED) is 0.162. The second-order valence-electron chi connectivity index (χ2n) is 14.6. The summed E-state index contributed by atoms with van der Waals surface area (Å²) in [6.07, 6.45) is 4.34. The van der Waals surface area contributed by atoms with Gasteiger partial charge in [-0.1, -0.05) is 63.2 Å². The summed E-state index contributed by atoms with van der Waals surface area (Å²) in [6, 6.07) is 40.2. The Morgan fingerprint density at radius 1 is 0.846 bits per heavy atom. The Morgan fingerprint density at radius 2 is 1.60 bits per heavy atom. The monoisotopic (exact) mass is 865 g/mol. The van der Waals surface area contributed by atoms with Gasteiger partial charge in [0.15, 0.2) is 0 Å². The van der Waals surface area contributed by atoms with Gasteiger partial charge in [0.25, 0.3) is 0 Å². The Balaban J connectivity index is 1.13. The fraction of sp³-hybridized carbons (Fsp3) is 0.217. The average molecular weight is 866 g/mol. The van der Waals surface area contributed by atoms with E-state index in [1.54, 1.807) is 12.3 Å². The van der Waals surface area contributed by atoms with Crippen LogP contribution in [0.5, 0.6) is 11.5 Å². The van der Waals surface area contributed by atoms with Crippen molar-refractivity contribution in [2.75, 3.05) is 0 Å². The maximum atomic E-state index is 8.56. The van der Waals surface area contributed by atoms with Gasteiger partial charge in [0, 0.05) is 15.9 Å². The number of rotatable bonds is 5. The fourth-order valence-corrected chi connectivity index (χ4v) is 8.56. The first-order valence-corrected chi connectivity index (χ1v) is 18.7. The van der Waals surface area contributed by atoms with Gasteiger partial charge in [-0.25, -0.2) is 4.98 Å². The normalized spacial score (nSPS) is 16.9. The van der Waals surface area contributed by atoms with Gasteiger partial charge in [-0.05, 0) is 41.1 Å². The standard InChI is InChI=1S/C46H40N4O.Pt/c1-30-25-45(47-28-39(30)32-17-20-33(21-18-32)46(2,3)4)50-41-13-7-6-12-36(41)37-24-23-35(27-44(37)50)51-34-22-19-31-11-10-16-40(38(31)26-34)49-29-48(5)42-14-8-9-15-43(42)49;/h6-9,12-15,17-25,28,40H,10-11,16H2,1-5H3;/q-2;/i1D3,5D3;. The Hall–Kier alpha value is -4.99. The molecule has 0 bridgehead atoms. The first-order chi connectivity index (χ1) is 27.6. The molecule has 52 heavy (non-hydrogen) atoms. The van der Waals surface area contributed by atoms with Gasteiger partial charge in [0.1, 0.15) is 0 Å². The molecule has 1 unspecified atom stereocenters. The number of para-hydroxylation sites is 3. The zero-order valence-corrected chi connectivity index (χ0v) is 31.4. The average Bonchev–Trinajstić information content (AvgIpc) is 3.68. The zero-order valence-electron chi connectivity index (χ0n) is 35.1. The number of nitrogens with zero attached hydrogens (tertiary/aromatic N) is 4. The molecule has 1 atom stereocenters. The molecule has 0 fully saturated rings. The molecular formula is C46H40N4OPt-2. The van der Waals surface area contributed by atoms with Gasteiger partial charge in [0.05, 0.1) is 0 Å². The van der Waals surface area contributed by atoms with E-state index in [2.05, 4.69) is 75.0 Å². The smallest absolute Gasteiger partial charge is 0.238 e. The van der Waals surface area contributed by atoms with Crippen LogP contribution in [0.3, 0.4) is 0 Å². The van der Waals surface area contributed by atoms with Gasteiger partial charge in [-0.15, -0.1) is 0 Å². The molecule has 1 aliphatic rings. The van der Waals surface area contributed by atoms with Crippen LogP contribution >= 0.6 is 0 Å². The van der Waals surface area contributed by atoms with Crippen LogP contribution in [0.4, 0.5) is 0 Å². The fourth-order valence-electron chi connectivity index (χ4n) is 7.66. The second-order valence-corrected chi connectivity index (χ2v) is 15.6.